The fourth-order valence-corrected chi connectivity index (χ4v) is 6.60. The molecular weight excluding hydrogens is 422 g/mol. The number of hydrogen-bond acceptors (Lipinski definition) is 4. The van der Waals surface area contributed by atoms with Crippen molar-refractivity contribution in [2.24, 2.45) is 5.41 Å². The van der Waals surface area contributed by atoms with Gasteiger partial charge in [0, 0.05) is 28.2 Å². The van der Waals surface area contributed by atoms with E-state index < -0.39 is 19.9 Å². The monoisotopic (exact) mass is 457 g/mol. The minimum absolute atomic E-state index is 0.0335. The number of benzene rings is 2. The summed E-state index contributed by atoms with van der Waals surface area (Å²) in [4.78, 5) is 23.7. The second kappa shape index (κ2) is 11.4. The average Bonchev–Trinajstić information content (AvgIpc) is 2.75. The van der Waals surface area contributed by atoms with Crippen LogP contribution in [0.5, 0.6) is 0 Å². The Morgan fingerprint density at radius 3 is 2.31 bits per heavy atom. The maximum absolute atomic E-state index is 14.0. The van der Waals surface area contributed by atoms with Crippen LogP contribution in [0.3, 0.4) is 0 Å². The van der Waals surface area contributed by atoms with Gasteiger partial charge in [0.2, 0.25) is 0 Å². The topological polar surface area (TPSA) is 77.3 Å². The summed E-state index contributed by atoms with van der Waals surface area (Å²) in [7, 11) is -2.75. The summed E-state index contributed by atoms with van der Waals surface area (Å²) in [5, 5.41) is 11.2. The van der Waals surface area contributed by atoms with E-state index in [0.717, 1.165) is 48.7 Å². The maximum atomic E-state index is 14.0. The average molecular weight is 458 g/mol. The van der Waals surface area contributed by atoms with E-state index >= 15 is 0 Å². The van der Waals surface area contributed by atoms with Crippen molar-refractivity contribution < 1.29 is 13.9 Å². The maximum Gasteiger partial charge on any atom is 0.269 e. The molecule has 0 saturated heterocycles. The molecule has 2 rings (SSSR count). The third-order valence-corrected chi connectivity index (χ3v) is 8.20. The molecule has 5 nitrogen and oxygen atoms in total. The minimum atomic E-state index is -2.75. The van der Waals surface area contributed by atoms with E-state index in [1.54, 1.807) is 12.1 Å². The lowest BCUT2D eigenvalue weighted by molar-refractivity contribution is -0.384. The Morgan fingerprint density at radius 1 is 1.09 bits per heavy atom. The highest BCUT2D eigenvalue weighted by Crippen LogP contribution is 2.34. The molecule has 0 radical (unpaired) electrons. The van der Waals surface area contributed by atoms with E-state index in [9.17, 15) is 19.1 Å². The van der Waals surface area contributed by atoms with E-state index in [2.05, 4.69) is 19.7 Å². The van der Waals surface area contributed by atoms with Crippen molar-refractivity contribution >= 4 is 27.4 Å². The SMILES string of the molecule is C=S(=O)(CC(C=O)(CCCC)CCCC)c1ccc(C)cc1Cc1cccc([N+](=O)[O-])c1. The zero-order valence-corrected chi connectivity index (χ0v) is 20.3. The highest BCUT2D eigenvalue weighted by atomic mass is 32.2. The first-order chi connectivity index (χ1) is 15.2. The zero-order chi connectivity index (χ0) is 23.8. The van der Waals surface area contributed by atoms with Gasteiger partial charge < -0.3 is 4.79 Å². The smallest absolute Gasteiger partial charge is 0.269 e. The number of carbonyl (C=O) groups excluding carboxylic acids is 1. The van der Waals surface area contributed by atoms with E-state index in [1.165, 1.54) is 6.07 Å². The summed E-state index contributed by atoms with van der Waals surface area (Å²) < 4.78 is 14.0. The number of unbranched alkanes of at least 4 members (excludes halogenated alkanes) is 2. The minimum Gasteiger partial charge on any atom is -0.303 e. The number of non-ortho nitro benzene ring substituents is 1. The molecule has 0 saturated carbocycles. The normalized spacial score (nSPS) is 13.5. The van der Waals surface area contributed by atoms with Gasteiger partial charge in [-0.3, -0.25) is 14.3 Å². The molecule has 174 valence electrons. The number of rotatable bonds is 13. The zero-order valence-electron chi connectivity index (χ0n) is 19.5. The van der Waals surface area contributed by atoms with Crippen molar-refractivity contribution in [3.8, 4) is 0 Å². The molecule has 0 spiro atoms. The van der Waals surface area contributed by atoms with Crippen LogP contribution >= 0.6 is 0 Å². The predicted octanol–water partition coefficient (Wildman–Crippen LogP) is 6.14. The number of nitrogens with zero attached hydrogens (tertiary/aromatic N) is 1. The summed E-state index contributed by atoms with van der Waals surface area (Å²) in [6.07, 6.45) is 6.63. The van der Waals surface area contributed by atoms with Gasteiger partial charge in [-0.2, -0.15) is 0 Å². The summed E-state index contributed by atoms with van der Waals surface area (Å²) in [5.41, 5.74) is 2.03. The molecule has 1 unspecified atom stereocenters. The summed E-state index contributed by atoms with van der Waals surface area (Å²) in [6.45, 7) is 6.14. The van der Waals surface area contributed by atoms with Gasteiger partial charge in [0.15, 0.2) is 0 Å². The number of carbonyl (C=O) groups is 1. The van der Waals surface area contributed by atoms with Crippen molar-refractivity contribution in [3.05, 3.63) is 69.3 Å². The van der Waals surface area contributed by atoms with Crippen LogP contribution in [0.1, 0.15) is 69.1 Å². The molecule has 0 aliphatic rings. The van der Waals surface area contributed by atoms with Crippen molar-refractivity contribution in [1.29, 1.82) is 0 Å². The summed E-state index contributed by atoms with van der Waals surface area (Å²) in [6, 6.07) is 12.3. The first-order valence-corrected chi connectivity index (χ1v) is 13.2. The Bertz CT molecular complexity index is 1040. The molecule has 0 amide bonds. The molecule has 0 aliphatic heterocycles. The molecular formula is C26H35NO4S. The second-order valence-electron chi connectivity index (χ2n) is 8.86. The lowest BCUT2D eigenvalue weighted by Gasteiger charge is -2.30. The number of hydrogen-bond donors (Lipinski definition) is 0. The van der Waals surface area contributed by atoms with E-state index in [1.807, 2.05) is 31.2 Å². The molecule has 32 heavy (non-hydrogen) atoms. The van der Waals surface area contributed by atoms with Crippen LogP contribution in [0, 0.1) is 22.5 Å². The Balaban J connectivity index is 2.45. The summed E-state index contributed by atoms with van der Waals surface area (Å²) >= 11 is 0. The quantitative estimate of drug-likeness (QED) is 0.157. The third kappa shape index (κ3) is 6.76. The Morgan fingerprint density at radius 2 is 1.75 bits per heavy atom. The van der Waals surface area contributed by atoms with Gasteiger partial charge in [-0.1, -0.05) is 69.4 Å². The van der Waals surface area contributed by atoms with Crippen LogP contribution in [0.25, 0.3) is 0 Å². The van der Waals surface area contributed by atoms with E-state index in [4.69, 9.17) is 0 Å². The van der Waals surface area contributed by atoms with Crippen LogP contribution in [0.4, 0.5) is 5.69 Å². The predicted molar refractivity (Wildman–Crippen MR) is 133 cm³/mol. The largest absolute Gasteiger partial charge is 0.303 e. The van der Waals surface area contributed by atoms with Gasteiger partial charge >= 0.3 is 0 Å². The van der Waals surface area contributed by atoms with Crippen molar-refractivity contribution in [2.45, 2.75) is 70.6 Å². The molecule has 0 aromatic heterocycles. The lowest BCUT2D eigenvalue weighted by Crippen LogP contribution is -2.32. The van der Waals surface area contributed by atoms with Crippen LogP contribution in [-0.2, 0) is 20.7 Å². The lowest BCUT2D eigenvalue weighted by atomic mass is 9.81. The first-order valence-electron chi connectivity index (χ1n) is 11.3. The first kappa shape index (κ1) is 25.8. The number of nitro benzene ring substituents is 1. The Hall–Kier alpha value is -2.47. The third-order valence-electron chi connectivity index (χ3n) is 5.96. The number of aryl methyl sites for hydroxylation is 1. The van der Waals surface area contributed by atoms with E-state index in [0.29, 0.717) is 24.2 Å². The van der Waals surface area contributed by atoms with Crippen molar-refractivity contribution in [1.82, 2.24) is 0 Å². The van der Waals surface area contributed by atoms with Crippen LogP contribution in [0.15, 0.2) is 47.4 Å². The molecule has 0 N–H and O–H groups in total. The molecule has 1 atom stereocenters. The number of aldehydes is 1. The van der Waals surface area contributed by atoms with Gasteiger partial charge in [0.1, 0.15) is 6.29 Å². The number of nitro groups is 1. The fourth-order valence-electron chi connectivity index (χ4n) is 4.23. The molecule has 2 aromatic rings. The van der Waals surface area contributed by atoms with Gasteiger partial charge in [0.05, 0.1) is 4.92 Å². The Labute approximate surface area is 192 Å². The van der Waals surface area contributed by atoms with Crippen molar-refractivity contribution in [3.63, 3.8) is 0 Å². The second-order valence-corrected chi connectivity index (χ2v) is 11.2. The molecule has 0 heterocycles. The molecule has 0 bridgehead atoms. The molecule has 0 aliphatic carbocycles. The molecule has 6 heteroatoms. The van der Waals surface area contributed by atoms with Gasteiger partial charge in [-0.05, 0) is 58.8 Å². The van der Waals surface area contributed by atoms with Crippen LogP contribution in [0.2, 0.25) is 0 Å². The van der Waals surface area contributed by atoms with Gasteiger partial charge in [0.25, 0.3) is 5.69 Å². The fraction of sp³-hybridized carbons (Fsp3) is 0.462. The highest BCUT2D eigenvalue weighted by molar-refractivity contribution is 8.00. The van der Waals surface area contributed by atoms with Crippen LogP contribution in [-0.4, -0.2) is 27.0 Å². The highest BCUT2D eigenvalue weighted by Gasteiger charge is 2.33. The van der Waals surface area contributed by atoms with Gasteiger partial charge in [-0.25, -0.2) is 0 Å². The van der Waals surface area contributed by atoms with Crippen LogP contribution < -0.4 is 0 Å². The molecule has 2 aromatic carbocycles. The summed E-state index contributed by atoms with van der Waals surface area (Å²) in [5.74, 6) is 4.36. The van der Waals surface area contributed by atoms with E-state index in [-0.39, 0.29) is 11.4 Å². The Kier molecular flexibility index (Phi) is 9.20. The van der Waals surface area contributed by atoms with Gasteiger partial charge in [-0.15, -0.1) is 0 Å². The standard InChI is InChI=1S/C26H35NO4S/c1-5-7-14-26(19-28,15-8-6-2)20-32(4,31)25-13-12-21(3)16-23(25)17-22-10-9-11-24(18-22)27(29)30/h9-13,16,18-19H,4-8,14-15,17,20H2,1-3H3. The van der Waals surface area contributed by atoms with Crippen molar-refractivity contribution in [2.75, 3.05) is 5.75 Å². The molecule has 0 fully saturated rings.